The normalized spacial score (nSPS) is 13.6. The summed E-state index contributed by atoms with van der Waals surface area (Å²) < 4.78 is 28.5. The van der Waals surface area contributed by atoms with Crippen molar-refractivity contribution >= 4 is 37.3 Å². The Kier molecular flexibility index (Phi) is 4.39. The van der Waals surface area contributed by atoms with E-state index in [1.54, 1.807) is 11.3 Å². The first-order valence-corrected chi connectivity index (χ1v) is 8.70. The summed E-state index contributed by atoms with van der Waals surface area (Å²) in [6.45, 7) is 1.83. The van der Waals surface area contributed by atoms with Crippen LogP contribution in [0.4, 0.5) is 0 Å². The number of aryl methyl sites for hydroxylation is 1. The lowest BCUT2D eigenvalue weighted by Crippen LogP contribution is -2.35. The van der Waals surface area contributed by atoms with Crippen molar-refractivity contribution in [1.82, 2.24) is 19.7 Å². The van der Waals surface area contributed by atoms with E-state index in [1.165, 1.54) is 11.7 Å². The molecule has 6 nitrogen and oxygen atoms in total. The van der Waals surface area contributed by atoms with E-state index in [1.807, 2.05) is 23.8 Å². The number of halogens is 1. The zero-order chi connectivity index (χ0) is 14.0. The van der Waals surface area contributed by atoms with E-state index < -0.39 is 10.0 Å². The van der Waals surface area contributed by atoms with E-state index in [-0.39, 0.29) is 15.7 Å². The summed E-state index contributed by atoms with van der Waals surface area (Å²) >= 11 is 4.68. The summed E-state index contributed by atoms with van der Waals surface area (Å²) in [5.41, 5.74) is 1.11. The van der Waals surface area contributed by atoms with Crippen LogP contribution in [-0.2, 0) is 23.5 Å². The maximum absolute atomic E-state index is 12.2. The van der Waals surface area contributed by atoms with Gasteiger partial charge < -0.3 is 0 Å². The van der Waals surface area contributed by atoms with Crippen LogP contribution in [0.3, 0.4) is 0 Å². The van der Waals surface area contributed by atoms with Gasteiger partial charge in [-0.3, -0.25) is 0 Å². The van der Waals surface area contributed by atoms with Gasteiger partial charge in [-0.05, 0) is 51.7 Å². The summed E-state index contributed by atoms with van der Waals surface area (Å²) in [5.74, 6) is 0. The maximum atomic E-state index is 12.2. The van der Waals surface area contributed by atoms with Crippen LogP contribution in [0.15, 0.2) is 26.5 Å². The van der Waals surface area contributed by atoms with E-state index in [4.69, 9.17) is 0 Å². The molecule has 0 radical (unpaired) electrons. The minimum Gasteiger partial charge on any atom is -0.235 e. The topological polar surface area (TPSA) is 76.9 Å². The summed E-state index contributed by atoms with van der Waals surface area (Å²) in [4.78, 5) is 0. The molecule has 9 heteroatoms. The summed E-state index contributed by atoms with van der Waals surface area (Å²) in [6.07, 6.45) is 0.644. The van der Waals surface area contributed by atoms with Crippen molar-refractivity contribution in [1.29, 1.82) is 0 Å². The average molecular weight is 365 g/mol. The number of sulfonamides is 1. The number of thiophene rings is 1. The second kappa shape index (κ2) is 5.70. The van der Waals surface area contributed by atoms with Gasteiger partial charge >= 0.3 is 0 Å². The van der Waals surface area contributed by atoms with Crippen LogP contribution in [0.1, 0.15) is 12.5 Å². The third kappa shape index (κ3) is 3.41. The zero-order valence-electron chi connectivity index (χ0n) is 10.4. The Labute approximate surface area is 124 Å². The minimum atomic E-state index is -3.64. The molecule has 0 saturated carbocycles. The molecule has 0 aromatic carbocycles. The van der Waals surface area contributed by atoms with Gasteiger partial charge in [0.05, 0.1) is 0 Å². The summed E-state index contributed by atoms with van der Waals surface area (Å²) in [5, 5.41) is 11.4. The second-order valence-corrected chi connectivity index (χ2v) is 7.33. The van der Waals surface area contributed by atoms with Crippen LogP contribution in [-0.4, -0.2) is 29.5 Å². The Balaban J connectivity index is 2.13. The van der Waals surface area contributed by atoms with E-state index in [2.05, 4.69) is 31.0 Å². The number of hydrogen-bond acceptors (Lipinski definition) is 5. The van der Waals surface area contributed by atoms with Crippen molar-refractivity contribution < 1.29 is 8.42 Å². The Morgan fingerprint density at radius 3 is 2.84 bits per heavy atom. The highest BCUT2D eigenvalue weighted by atomic mass is 79.9. The average Bonchev–Trinajstić information content (AvgIpc) is 2.88. The van der Waals surface area contributed by atoms with Crippen molar-refractivity contribution in [3.05, 3.63) is 27.0 Å². The van der Waals surface area contributed by atoms with Gasteiger partial charge in [0.25, 0.3) is 10.0 Å². The molecule has 0 aliphatic carbocycles. The third-order valence-corrected chi connectivity index (χ3v) is 5.68. The third-order valence-electron chi connectivity index (χ3n) is 2.47. The SMILES string of the molecule is CC(Cc1ccsc1)NS(=O)(=O)c1c(Br)nnn1C. The fourth-order valence-electron chi connectivity index (χ4n) is 1.73. The highest BCUT2D eigenvalue weighted by molar-refractivity contribution is 9.10. The Morgan fingerprint density at radius 1 is 1.58 bits per heavy atom. The van der Waals surface area contributed by atoms with Gasteiger partial charge in [-0.15, -0.1) is 5.10 Å². The zero-order valence-corrected chi connectivity index (χ0v) is 13.6. The van der Waals surface area contributed by atoms with Crippen molar-refractivity contribution in [2.75, 3.05) is 0 Å². The molecule has 104 valence electrons. The molecule has 0 saturated heterocycles. The van der Waals surface area contributed by atoms with Crippen molar-refractivity contribution in [2.24, 2.45) is 7.05 Å². The largest absolute Gasteiger partial charge is 0.260 e. The molecule has 2 heterocycles. The standard InChI is InChI=1S/C10H13BrN4O2S2/c1-7(5-8-3-4-18-6-8)13-19(16,17)10-9(11)12-14-15(10)2/h3-4,6-7,13H,5H2,1-2H3. The first-order chi connectivity index (χ1) is 8.90. The van der Waals surface area contributed by atoms with Crippen LogP contribution in [0.5, 0.6) is 0 Å². The fraction of sp³-hybridized carbons (Fsp3) is 0.400. The lowest BCUT2D eigenvalue weighted by atomic mass is 10.1. The summed E-state index contributed by atoms with van der Waals surface area (Å²) in [7, 11) is -2.10. The van der Waals surface area contributed by atoms with Crippen LogP contribution in [0.2, 0.25) is 0 Å². The first-order valence-electron chi connectivity index (χ1n) is 5.48. The molecule has 0 aliphatic heterocycles. The van der Waals surface area contributed by atoms with Gasteiger partial charge in [0, 0.05) is 13.1 Å². The minimum absolute atomic E-state index is 0.0321. The molecule has 0 bridgehead atoms. The highest BCUT2D eigenvalue weighted by Gasteiger charge is 2.25. The van der Waals surface area contributed by atoms with Crippen molar-refractivity contribution in [3.63, 3.8) is 0 Å². The fourth-order valence-corrected chi connectivity index (χ4v) is 4.75. The van der Waals surface area contributed by atoms with Gasteiger partial charge in [-0.2, -0.15) is 11.3 Å². The number of aromatic nitrogens is 3. The van der Waals surface area contributed by atoms with Gasteiger partial charge in [-0.1, -0.05) is 5.21 Å². The van der Waals surface area contributed by atoms with Crippen LogP contribution < -0.4 is 4.72 Å². The number of hydrogen-bond donors (Lipinski definition) is 1. The molecule has 1 unspecified atom stereocenters. The van der Waals surface area contributed by atoms with E-state index in [0.717, 1.165) is 5.56 Å². The Bertz CT molecular complexity index is 632. The highest BCUT2D eigenvalue weighted by Crippen LogP contribution is 2.18. The molecule has 0 aliphatic rings. The van der Waals surface area contributed by atoms with Crippen molar-refractivity contribution in [3.8, 4) is 0 Å². The predicted octanol–water partition coefficient (Wildman–Crippen LogP) is 1.55. The molecular formula is C10H13BrN4O2S2. The number of nitrogens with zero attached hydrogens (tertiary/aromatic N) is 3. The van der Waals surface area contributed by atoms with Gasteiger partial charge in [0.1, 0.15) is 0 Å². The molecule has 0 amide bonds. The Hall–Kier alpha value is -0.770. The van der Waals surface area contributed by atoms with Gasteiger partial charge in [0.2, 0.25) is 5.03 Å². The Morgan fingerprint density at radius 2 is 2.32 bits per heavy atom. The molecule has 2 rings (SSSR count). The molecule has 2 aromatic rings. The van der Waals surface area contributed by atoms with Crippen LogP contribution >= 0.6 is 27.3 Å². The predicted molar refractivity (Wildman–Crippen MR) is 76.5 cm³/mol. The molecular weight excluding hydrogens is 352 g/mol. The van der Waals surface area contributed by atoms with Crippen LogP contribution in [0, 0.1) is 0 Å². The quantitative estimate of drug-likeness (QED) is 0.872. The maximum Gasteiger partial charge on any atom is 0.260 e. The lowest BCUT2D eigenvalue weighted by Gasteiger charge is -2.13. The molecule has 2 aromatic heterocycles. The summed E-state index contributed by atoms with van der Waals surface area (Å²) in [6, 6.07) is 1.78. The van der Waals surface area contributed by atoms with Crippen molar-refractivity contribution in [2.45, 2.75) is 24.4 Å². The van der Waals surface area contributed by atoms with Gasteiger partial charge in [-0.25, -0.2) is 17.8 Å². The van der Waals surface area contributed by atoms with E-state index in [9.17, 15) is 8.42 Å². The van der Waals surface area contributed by atoms with E-state index in [0.29, 0.717) is 6.42 Å². The smallest absolute Gasteiger partial charge is 0.235 e. The monoisotopic (exact) mass is 364 g/mol. The van der Waals surface area contributed by atoms with E-state index >= 15 is 0 Å². The molecule has 1 atom stereocenters. The first kappa shape index (κ1) is 14.6. The molecule has 19 heavy (non-hydrogen) atoms. The number of rotatable bonds is 5. The molecule has 1 N–H and O–H groups in total. The lowest BCUT2D eigenvalue weighted by molar-refractivity contribution is 0.542. The van der Waals surface area contributed by atoms with Gasteiger partial charge in [0.15, 0.2) is 4.60 Å². The number of nitrogens with one attached hydrogen (secondary N) is 1. The molecule has 0 fully saturated rings. The van der Waals surface area contributed by atoms with Crippen LogP contribution in [0.25, 0.3) is 0 Å². The molecule has 0 spiro atoms. The second-order valence-electron chi connectivity index (χ2n) is 4.17.